The molecule has 0 atom stereocenters. The smallest absolute Gasteiger partial charge is 0.337 e. The SMILES string of the molecule is COSc1cncc(C(=O)O)c1. The normalized spacial score (nSPS) is 9.75. The standard InChI is InChI=1S/C7H7NO3S/c1-11-12-6-2-5(7(9)10)3-8-4-6/h2-4H,1H3,(H,9,10). The summed E-state index contributed by atoms with van der Waals surface area (Å²) in [6.07, 6.45) is 2.84. The molecule has 0 saturated carbocycles. The van der Waals surface area contributed by atoms with Gasteiger partial charge in [0, 0.05) is 24.4 Å². The van der Waals surface area contributed by atoms with Crippen LogP contribution in [0.25, 0.3) is 0 Å². The Bertz CT molecular complexity index is 290. The van der Waals surface area contributed by atoms with E-state index in [1.54, 1.807) is 6.20 Å². The second-order valence-electron chi connectivity index (χ2n) is 1.96. The number of aromatic carboxylic acids is 1. The van der Waals surface area contributed by atoms with Crippen molar-refractivity contribution in [2.75, 3.05) is 7.11 Å². The van der Waals surface area contributed by atoms with Crippen LogP contribution in [-0.4, -0.2) is 23.2 Å². The van der Waals surface area contributed by atoms with Crippen LogP contribution in [0.1, 0.15) is 10.4 Å². The highest BCUT2D eigenvalue weighted by Crippen LogP contribution is 2.17. The maximum absolute atomic E-state index is 10.5. The molecule has 64 valence electrons. The number of carboxylic acid groups (broad SMARTS) is 1. The summed E-state index contributed by atoms with van der Waals surface area (Å²) >= 11 is 1.08. The van der Waals surface area contributed by atoms with Gasteiger partial charge in [-0.15, -0.1) is 0 Å². The fraction of sp³-hybridized carbons (Fsp3) is 0.143. The first-order valence-corrected chi connectivity index (χ1v) is 3.87. The molecule has 12 heavy (non-hydrogen) atoms. The maximum Gasteiger partial charge on any atom is 0.337 e. The van der Waals surface area contributed by atoms with Gasteiger partial charge in [0.25, 0.3) is 0 Å². The molecule has 0 bridgehead atoms. The van der Waals surface area contributed by atoms with Crippen LogP contribution in [0, 0.1) is 0 Å². The Labute approximate surface area is 73.8 Å². The van der Waals surface area contributed by atoms with Gasteiger partial charge < -0.3 is 9.29 Å². The number of hydrogen-bond donors (Lipinski definition) is 1. The van der Waals surface area contributed by atoms with Crippen LogP contribution >= 0.6 is 12.0 Å². The van der Waals surface area contributed by atoms with Gasteiger partial charge in [0.05, 0.1) is 17.6 Å². The first-order valence-electron chi connectivity index (χ1n) is 3.13. The number of hydrogen-bond acceptors (Lipinski definition) is 4. The zero-order valence-electron chi connectivity index (χ0n) is 6.35. The zero-order valence-corrected chi connectivity index (χ0v) is 7.17. The molecule has 4 nitrogen and oxygen atoms in total. The quantitative estimate of drug-likeness (QED) is 0.722. The van der Waals surface area contributed by atoms with E-state index in [-0.39, 0.29) is 5.56 Å². The Balaban J connectivity index is 2.88. The van der Waals surface area contributed by atoms with Crippen molar-refractivity contribution in [3.63, 3.8) is 0 Å². The zero-order chi connectivity index (χ0) is 8.97. The third kappa shape index (κ3) is 2.21. The summed E-state index contributed by atoms with van der Waals surface area (Å²) in [5, 5.41) is 8.59. The second kappa shape index (κ2) is 4.08. The molecule has 0 amide bonds. The molecule has 0 spiro atoms. The van der Waals surface area contributed by atoms with Crippen LogP contribution in [0.15, 0.2) is 23.4 Å². The molecule has 0 aliphatic rings. The van der Waals surface area contributed by atoms with Crippen molar-refractivity contribution < 1.29 is 14.1 Å². The molecule has 5 heteroatoms. The van der Waals surface area contributed by atoms with Crippen molar-refractivity contribution in [2.45, 2.75) is 4.90 Å². The Kier molecular flexibility index (Phi) is 3.07. The Morgan fingerprint density at radius 1 is 1.67 bits per heavy atom. The minimum atomic E-state index is -0.985. The van der Waals surface area contributed by atoms with Gasteiger partial charge in [0.2, 0.25) is 0 Å². The lowest BCUT2D eigenvalue weighted by Crippen LogP contribution is -1.96. The van der Waals surface area contributed by atoms with Crippen molar-refractivity contribution in [2.24, 2.45) is 0 Å². The van der Waals surface area contributed by atoms with Crippen LogP contribution < -0.4 is 0 Å². The lowest BCUT2D eigenvalue weighted by molar-refractivity contribution is 0.0696. The number of pyridine rings is 1. The molecule has 0 aliphatic heterocycles. The first-order chi connectivity index (χ1) is 5.74. The number of aromatic nitrogens is 1. The average molecular weight is 185 g/mol. The molecule has 1 rings (SSSR count). The van der Waals surface area contributed by atoms with E-state index in [0.29, 0.717) is 4.90 Å². The topological polar surface area (TPSA) is 59.4 Å². The number of carbonyl (C=O) groups is 1. The van der Waals surface area contributed by atoms with Crippen molar-refractivity contribution in [3.8, 4) is 0 Å². The molecule has 0 aliphatic carbocycles. The average Bonchev–Trinajstić information content (AvgIpc) is 2.05. The van der Waals surface area contributed by atoms with Crippen LogP contribution in [0.3, 0.4) is 0 Å². The summed E-state index contributed by atoms with van der Waals surface area (Å²) < 4.78 is 4.75. The first kappa shape index (κ1) is 9.02. The highest BCUT2D eigenvalue weighted by Gasteiger charge is 2.03. The Morgan fingerprint density at radius 3 is 3.00 bits per heavy atom. The van der Waals surface area contributed by atoms with E-state index >= 15 is 0 Å². The third-order valence-corrected chi connectivity index (χ3v) is 1.72. The fourth-order valence-electron chi connectivity index (χ4n) is 0.678. The molecular weight excluding hydrogens is 178 g/mol. The van der Waals surface area contributed by atoms with Crippen LogP contribution in [0.4, 0.5) is 0 Å². The lowest BCUT2D eigenvalue weighted by Gasteiger charge is -1.97. The molecule has 0 unspecified atom stereocenters. The maximum atomic E-state index is 10.5. The summed E-state index contributed by atoms with van der Waals surface area (Å²) in [6, 6.07) is 1.50. The predicted octanol–water partition coefficient (Wildman–Crippen LogP) is 1.43. The molecule has 0 fully saturated rings. The van der Waals surface area contributed by atoms with Gasteiger partial charge >= 0.3 is 5.97 Å². The van der Waals surface area contributed by atoms with Gasteiger partial charge in [-0.2, -0.15) is 0 Å². The van der Waals surface area contributed by atoms with E-state index in [4.69, 9.17) is 9.29 Å². The Morgan fingerprint density at radius 2 is 2.42 bits per heavy atom. The van der Waals surface area contributed by atoms with Crippen molar-refractivity contribution in [1.82, 2.24) is 4.98 Å². The highest BCUT2D eigenvalue weighted by atomic mass is 32.2. The summed E-state index contributed by atoms with van der Waals surface area (Å²) in [6.45, 7) is 0. The summed E-state index contributed by atoms with van der Waals surface area (Å²) in [5.74, 6) is -0.985. The molecule has 1 N–H and O–H groups in total. The minimum absolute atomic E-state index is 0.164. The van der Waals surface area contributed by atoms with Crippen LogP contribution in [0.2, 0.25) is 0 Å². The highest BCUT2D eigenvalue weighted by molar-refractivity contribution is 7.94. The van der Waals surface area contributed by atoms with Gasteiger partial charge in [0.1, 0.15) is 0 Å². The predicted molar refractivity (Wildman–Crippen MR) is 44.1 cm³/mol. The molecule has 1 heterocycles. The number of carboxylic acids is 1. The van der Waals surface area contributed by atoms with E-state index in [9.17, 15) is 4.79 Å². The third-order valence-electron chi connectivity index (χ3n) is 1.14. The van der Waals surface area contributed by atoms with Crippen molar-refractivity contribution in [3.05, 3.63) is 24.0 Å². The molecule has 0 saturated heterocycles. The van der Waals surface area contributed by atoms with Crippen LogP contribution in [0.5, 0.6) is 0 Å². The monoisotopic (exact) mass is 185 g/mol. The van der Waals surface area contributed by atoms with Gasteiger partial charge in [0.15, 0.2) is 0 Å². The summed E-state index contributed by atoms with van der Waals surface area (Å²) in [4.78, 5) is 14.9. The number of nitrogens with zero attached hydrogens (tertiary/aromatic N) is 1. The van der Waals surface area contributed by atoms with Crippen molar-refractivity contribution in [1.29, 1.82) is 0 Å². The van der Waals surface area contributed by atoms with Gasteiger partial charge in [-0.3, -0.25) is 4.98 Å². The van der Waals surface area contributed by atoms with E-state index in [0.717, 1.165) is 12.0 Å². The molecule has 1 aromatic rings. The molecule has 1 aromatic heterocycles. The summed E-state index contributed by atoms with van der Waals surface area (Å²) in [5.41, 5.74) is 0.164. The van der Waals surface area contributed by atoms with E-state index in [1.807, 2.05) is 0 Å². The largest absolute Gasteiger partial charge is 0.478 e. The van der Waals surface area contributed by atoms with E-state index in [2.05, 4.69) is 4.98 Å². The fourth-order valence-corrected chi connectivity index (χ4v) is 1.15. The van der Waals surface area contributed by atoms with Gasteiger partial charge in [-0.25, -0.2) is 4.79 Å². The lowest BCUT2D eigenvalue weighted by atomic mass is 10.3. The van der Waals surface area contributed by atoms with E-state index < -0.39 is 5.97 Å². The minimum Gasteiger partial charge on any atom is -0.478 e. The number of rotatable bonds is 3. The van der Waals surface area contributed by atoms with Gasteiger partial charge in [-0.1, -0.05) is 0 Å². The van der Waals surface area contributed by atoms with Crippen molar-refractivity contribution >= 4 is 18.0 Å². The molecular formula is C7H7NO3S. The van der Waals surface area contributed by atoms with Gasteiger partial charge in [-0.05, 0) is 6.07 Å². The van der Waals surface area contributed by atoms with Crippen LogP contribution in [-0.2, 0) is 4.18 Å². The summed E-state index contributed by atoms with van der Waals surface area (Å²) in [7, 11) is 1.51. The van der Waals surface area contributed by atoms with E-state index in [1.165, 1.54) is 19.4 Å². The second-order valence-corrected chi connectivity index (χ2v) is 2.94. The molecule has 0 aromatic carbocycles. The molecule has 0 radical (unpaired) electrons. The Hall–Kier alpha value is -1.07.